The molecule has 0 aromatic heterocycles. The molecule has 0 spiro atoms. The molecule has 2 aromatic rings. The number of ether oxygens (including phenoxy) is 4. The van der Waals surface area contributed by atoms with Gasteiger partial charge in [0.15, 0.2) is 11.5 Å². The van der Waals surface area contributed by atoms with Crippen LogP contribution >= 0.6 is 0 Å². The summed E-state index contributed by atoms with van der Waals surface area (Å²) in [5, 5.41) is 7.12. The van der Waals surface area contributed by atoms with Gasteiger partial charge in [-0.3, -0.25) is 24.2 Å². The number of hydrogen-bond acceptors (Lipinski definition) is 9. The summed E-state index contributed by atoms with van der Waals surface area (Å²) in [5.74, 6) is -3.22. The molecule has 42 heavy (non-hydrogen) atoms. The highest BCUT2D eigenvalue weighted by atomic mass is 19.4. The summed E-state index contributed by atoms with van der Waals surface area (Å²) in [7, 11) is 4.43. The molecule has 3 fully saturated rings. The summed E-state index contributed by atoms with van der Waals surface area (Å²) < 4.78 is 53.6. The van der Waals surface area contributed by atoms with Gasteiger partial charge in [-0.25, -0.2) is 4.79 Å². The van der Waals surface area contributed by atoms with Crippen LogP contribution in [0.3, 0.4) is 0 Å². The first kappa shape index (κ1) is 29.2. The van der Waals surface area contributed by atoms with Crippen molar-refractivity contribution in [3.05, 3.63) is 42.0 Å². The van der Waals surface area contributed by atoms with Gasteiger partial charge in [-0.2, -0.15) is 13.2 Å². The topological polar surface area (TPSA) is 132 Å². The van der Waals surface area contributed by atoms with Crippen LogP contribution in [0.4, 0.5) is 13.2 Å². The minimum atomic E-state index is -5.08. The van der Waals surface area contributed by atoms with E-state index in [1.54, 1.807) is 7.11 Å². The quantitative estimate of drug-likeness (QED) is 0.418. The third-order valence-corrected chi connectivity index (χ3v) is 8.26. The number of esters is 1. The maximum atomic E-state index is 13.3. The number of rotatable bonds is 4. The van der Waals surface area contributed by atoms with E-state index < -0.39 is 41.5 Å². The minimum Gasteiger partial charge on any atom is -0.496 e. The van der Waals surface area contributed by atoms with E-state index in [-0.39, 0.29) is 18.6 Å². The number of amides is 2. The Hall–Kier alpha value is -4.33. The second kappa shape index (κ2) is 10.5. The van der Waals surface area contributed by atoms with Crippen LogP contribution in [-0.2, 0) is 23.9 Å². The van der Waals surface area contributed by atoms with Gasteiger partial charge in [0.05, 0.1) is 26.1 Å². The molecule has 0 saturated carbocycles. The molecule has 224 valence electrons. The zero-order chi connectivity index (χ0) is 30.6. The Labute approximate surface area is 237 Å². The summed E-state index contributed by atoms with van der Waals surface area (Å²) in [4.78, 5) is 51.7. The van der Waals surface area contributed by atoms with Crippen LogP contribution in [0.2, 0.25) is 0 Å². The van der Waals surface area contributed by atoms with E-state index in [1.165, 1.54) is 19.1 Å². The Morgan fingerprint density at radius 2 is 1.74 bits per heavy atom. The van der Waals surface area contributed by atoms with Gasteiger partial charge in [0.1, 0.15) is 11.3 Å². The van der Waals surface area contributed by atoms with Crippen LogP contribution < -0.4 is 14.2 Å². The maximum Gasteiger partial charge on any atom is 0.490 e. The number of hydrogen-bond donors (Lipinski definition) is 1. The molecule has 2 aromatic carbocycles. The van der Waals surface area contributed by atoms with Crippen molar-refractivity contribution in [3.63, 3.8) is 0 Å². The van der Waals surface area contributed by atoms with Crippen LogP contribution in [0, 0.1) is 11.8 Å². The molecule has 0 unspecified atom stereocenters. The van der Waals surface area contributed by atoms with E-state index in [0.29, 0.717) is 30.2 Å². The van der Waals surface area contributed by atoms with E-state index in [1.807, 2.05) is 41.3 Å². The molecule has 0 bridgehead atoms. The van der Waals surface area contributed by atoms with Gasteiger partial charge in [0.25, 0.3) is 0 Å². The third-order valence-electron chi connectivity index (χ3n) is 8.26. The first-order valence-electron chi connectivity index (χ1n) is 12.9. The lowest BCUT2D eigenvalue weighted by Gasteiger charge is -2.35. The standard InChI is InChI=1S/C26H26N2O7.C2HF3O2/c1-27-23(29)20-21(24(27)30)26(25(31)33-3)9-4-10-28(26)22(20)15-5-7-16(18(12-15)32-2)14-6-8-17-19(11-14)35-13-34-17;3-2(4,5)1(6)7/h5-8,11-12,20-22H,4,9-10,13H2,1-3H3;(H,6,7)/t20-,21-,22+,26-;/m0./s1. The molecule has 0 radical (unpaired) electrons. The number of carboxylic acids is 1. The van der Waals surface area contributed by atoms with Gasteiger partial charge in [-0.1, -0.05) is 18.2 Å². The fourth-order valence-corrected chi connectivity index (χ4v) is 6.54. The van der Waals surface area contributed by atoms with Gasteiger partial charge in [-0.15, -0.1) is 0 Å². The average molecular weight is 593 g/mol. The fraction of sp³-hybridized carbons (Fsp3) is 0.429. The summed E-state index contributed by atoms with van der Waals surface area (Å²) in [6, 6.07) is 11.1. The first-order chi connectivity index (χ1) is 19.9. The summed E-state index contributed by atoms with van der Waals surface area (Å²) in [6.07, 6.45) is -3.86. The maximum absolute atomic E-state index is 13.3. The summed E-state index contributed by atoms with van der Waals surface area (Å²) in [5.41, 5.74) is 1.45. The highest BCUT2D eigenvalue weighted by molar-refractivity contribution is 6.09. The zero-order valence-corrected chi connectivity index (χ0v) is 22.8. The highest BCUT2D eigenvalue weighted by Gasteiger charge is 2.73. The molecular formula is C28H27F3N2O9. The summed E-state index contributed by atoms with van der Waals surface area (Å²) >= 11 is 0. The molecule has 6 rings (SSSR count). The van der Waals surface area contributed by atoms with Gasteiger partial charge in [0.2, 0.25) is 18.6 Å². The molecule has 0 aliphatic carbocycles. The SMILES string of the molecule is COC(=O)[C@@]12CCCN1[C@H](c1ccc(-c3ccc4c(c3)OCO4)c(OC)c1)[C@H]1C(=O)N(C)C(=O)[C@H]12.O=C(O)C(F)(F)F. The summed E-state index contributed by atoms with van der Waals surface area (Å²) in [6.45, 7) is 0.793. The lowest BCUT2D eigenvalue weighted by atomic mass is 9.77. The molecule has 3 saturated heterocycles. The number of fused-ring (bicyclic) bond motifs is 4. The van der Waals surface area contributed by atoms with Crippen LogP contribution in [0.1, 0.15) is 24.4 Å². The van der Waals surface area contributed by atoms with Gasteiger partial charge < -0.3 is 24.1 Å². The van der Waals surface area contributed by atoms with E-state index in [2.05, 4.69) is 0 Å². The van der Waals surface area contributed by atoms with Crippen LogP contribution in [0.25, 0.3) is 11.1 Å². The predicted molar refractivity (Wildman–Crippen MR) is 136 cm³/mol. The van der Waals surface area contributed by atoms with Crippen molar-refractivity contribution < 1.29 is 56.4 Å². The number of nitrogens with zero attached hydrogens (tertiary/aromatic N) is 2. The molecule has 14 heteroatoms. The number of aliphatic carboxylic acids is 1. The average Bonchev–Trinajstić information content (AvgIpc) is 3.71. The number of imide groups is 1. The Balaban J connectivity index is 0.000000451. The zero-order valence-electron chi connectivity index (χ0n) is 22.8. The van der Waals surface area contributed by atoms with Crippen molar-refractivity contribution in [3.8, 4) is 28.4 Å². The number of carbonyl (C=O) groups is 4. The van der Waals surface area contributed by atoms with Gasteiger partial charge in [-0.05, 0) is 48.7 Å². The monoisotopic (exact) mass is 592 g/mol. The fourth-order valence-electron chi connectivity index (χ4n) is 6.54. The normalized spacial score (nSPS) is 26.0. The van der Waals surface area contributed by atoms with Crippen molar-refractivity contribution in [2.24, 2.45) is 11.8 Å². The van der Waals surface area contributed by atoms with E-state index >= 15 is 0 Å². The van der Waals surface area contributed by atoms with Gasteiger partial charge in [0, 0.05) is 18.7 Å². The largest absolute Gasteiger partial charge is 0.496 e. The molecule has 11 nitrogen and oxygen atoms in total. The Morgan fingerprint density at radius 3 is 2.38 bits per heavy atom. The second-order valence-corrected chi connectivity index (χ2v) is 10.2. The third kappa shape index (κ3) is 4.40. The van der Waals surface area contributed by atoms with E-state index in [9.17, 15) is 27.6 Å². The number of alkyl halides is 3. The predicted octanol–water partition coefficient (Wildman–Crippen LogP) is 3.02. The molecule has 2 amide bonds. The van der Waals surface area contributed by atoms with Crippen LogP contribution in [-0.4, -0.2) is 85.0 Å². The number of carbonyl (C=O) groups excluding carboxylic acids is 3. The van der Waals surface area contributed by atoms with Gasteiger partial charge >= 0.3 is 18.1 Å². The molecule has 4 aliphatic heterocycles. The molecule has 1 N–H and O–H groups in total. The highest BCUT2D eigenvalue weighted by Crippen LogP contribution is 2.59. The Morgan fingerprint density at radius 1 is 1.05 bits per heavy atom. The van der Waals surface area contributed by atoms with E-state index in [0.717, 1.165) is 23.1 Å². The lowest BCUT2D eigenvalue weighted by Crippen LogP contribution is -2.54. The van der Waals surface area contributed by atoms with Crippen molar-refractivity contribution >= 4 is 23.8 Å². The molecule has 4 aliphatic rings. The van der Waals surface area contributed by atoms with Crippen LogP contribution in [0.5, 0.6) is 17.2 Å². The van der Waals surface area contributed by atoms with Crippen molar-refractivity contribution in [1.82, 2.24) is 9.80 Å². The minimum absolute atomic E-state index is 0.193. The lowest BCUT2D eigenvalue weighted by molar-refractivity contribution is -0.192. The number of benzene rings is 2. The Bertz CT molecular complexity index is 1460. The van der Waals surface area contributed by atoms with Crippen molar-refractivity contribution in [1.29, 1.82) is 0 Å². The first-order valence-corrected chi connectivity index (χ1v) is 12.9. The number of likely N-dealkylation sites (tertiary alicyclic amines) is 1. The van der Waals surface area contributed by atoms with Crippen LogP contribution in [0.15, 0.2) is 36.4 Å². The van der Waals surface area contributed by atoms with Crippen molar-refractivity contribution in [2.75, 3.05) is 34.6 Å². The van der Waals surface area contributed by atoms with E-state index in [4.69, 9.17) is 28.8 Å². The second-order valence-electron chi connectivity index (χ2n) is 10.2. The Kier molecular flexibility index (Phi) is 7.29. The number of methoxy groups -OCH3 is 2. The smallest absolute Gasteiger partial charge is 0.490 e. The van der Waals surface area contributed by atoms with Crippen molar-refractivity contribution in [2.45, 2.75) is 30.6 Å². The number of carboxylic acid groups (broad SMARTS) is 1. The number of halogens is 3. The molecule has 4 atom stereocenters. The molecule has 4 heterocycles. The molecular weight excluding hydrogens is 565 g/mol.